The van der Waals surface area contributed by atoms with Gasteiger partial charge < -0.3 is 5.32 Å². The zero-order chi connectivity index (χ0) is 12.4. The fraction of sp³-hybridized carbons (Fsp3) is 0.364. The number of hydrogen-bond donors (Lipinski definition) is 1. The van der Waals surface area contributed by atoms with Crippen LogP contribution >= 0.6 is 11.3 Å². The summed E-state index contributed by atoms with van der Waals surface area (Å²) in [7, 11) is 1.81. The molecule has 5 nitrogen and oxygen atoms in total. The van der Waals surface area contributed by atoms with Crippen LogP contribution in [-0.4, -0.2) is 21.8 Å². The molecule has 0 saturated carbocycles. The van der Waals surface area contributed by atoms with Crippen LogP contribution in [0.1, 0.15) is 12.6 Å². The van der Waals surface area contributed by atoms with Gasteiger partial charge in [0.25, 0.3) is 5.56 Å². The number of aromatic nitrogens is 3. The van der Waals surface area contributed by atoms with Gasteiger partial charge in [-0.15, -0.1) is 11.3 Å². The molecule has 2 rings (SSSR count). The Balaban J connectivity index is 2.58. The summed E-state index contributed by atoms with van der Waals surface area (Å²) in [6, 6.07) is 1.78. The van der Waals surface area contributed by atoms with Crippen molar-refractivity contribution in [2.24, 2.45) is 0 Å². The van der Waals surface area contributed by atoms with Crippen molar-refractivity contribution in [3.63, 3.8) is 0 Å². The van der Waals surface area contributed by atoms with Crippen molar-refractivity contribution in [3.05, 3.63) is 27.5 Å². The van der Waals surface area contributed by atoms with Crippen molar-refractivity contribution in [2.45, 2.75) is 20.4 Å². The predicted octanol–water partition coefficient (Wildman–Crippen LogP) is 1.74. The quantitative estimate of drug-likeness (QED) is 0.901. The van der Waals surface area contributed by atoms with Crippen molar-refractivity contribution in [1.29, 1.82) is 0 Å². The molecule has 90 valence electrons. The molecule has 0 aliphatic heterocycles. The van der Waals surface area contributed by atoms with E-state index < -0.39 is 0 Å². The van der Waals surface area contributed by atoms with Crippen molar-refractivity contribution < 1.29 is 0 Å². The summed E-state index contributed by atoms with van der Waals surface area (Å²) in [5, 5.41) is 9.81. The Hall–Kier alpha value is -1.69. The minimum Gasteiger partial charge on any atom is -0.365 e. The van der Waals surface area contributed by atoms with Gasteiger partial charge in [-0.3, -0.25) is 4.79 Å². The number of aryl methyl sites for hydroxylation is 2. The number of nitrogens with one attached hydrogen (secondary N) is 1. The number of anilines is 1. The van der Waals surface area contributed by atoms with Gasteiger partial charge in [-0.25, -0.2) is 9.67 Å². The van der Waals surface area contributed by atoms with Gasteiger partial charge >= 0.3 is 0 Å². The summed E-state index contributed by atoms with van der Waals surface area (Å²) < 4.78 is 1.46. The van der Waals surface area contributed by atoms with Gasteiger partial charge in [0.05, 0.1) is 17.0 Å². The second-order valence-corrected chi connectivity index (χ2v) is 4.47. The molecule has 2 aromatic rings. The SMILES string of the molecule is CCn1nc(C)cc(-c2csc(NC)n2)c1=O. The maximum atomic E-state index is 12.1. The molecule has 0 saturated heterocycles. The van der Waals surface area contributed by atoms with Crippen LogP contribution in [0.15, 0.2) is 16.2 Å². The molecule has 0 radical (unpaired) electrons. The fourth-order valence-electron chi connectivity index (χ4n) is 1.58. The zero-order valence-electron chi connectivity index (χ0n) is 10.0. The molecule has 1 N–H and O–H groups in total. The summed E-state index contributed by atoms with van der Waals surface area (Å²) in [4.78, 5) is 16.4. The number of thiazole rings is 1. The van der Waals surface area contributed by atoms with Crippen LogP contribution in [-0.2, 0) is 6.54 Å². The molecule has 0 fully saturated rings. The first-order valence-corrected chi connectivity index (χ1v) is 6.26. The maximum absolute atomic E-state index is 12.1. The Kier molecular flexibility index (Phi) is 3.23. The first-order valence-electron chi connectivity index (χ1n) is 5.38. The van der Waals surface area contributed by atoms with Crippen LogP contribution in [0.4, 0.5) is 5.13 Å². The van der Waals surface area contributed by atoms with Crippen LogP contribution in [0.3, 0.4) is 0 Å². The predicted molar refractivity (Wildman–Crippen MR) is 69.6 cm³/mol. The average molecular weight is 250 g/mol. The van der Waals surface area contributed by atoms with Crippen molar-refractivity contribution in [3.8, 4) is 11.3 Å². The monoisotopic (exact) mass is 250 g/mol. The van der Waals surface area contributed by atoms with Crippen molar-refractivity contribution in [2.75, 3.05) is 12.4 Å². The third-order valence-corrected chi connectivity index (χ3v) is 3.25. The molecule has 2 heterocycles. The maximum Gasteiger partial charge on any atom is 0.276 e. The lowest BCUT2D eigenvalue weighted by atomic mass is 10.2. The van der Waals surface area contributed by atoms with Gasteiger partial charge in [-0.1, -0.05) is 0 Å². The highest BCUT2D eigenvalue weighted by Crippen LogP contribution is 2.22. The number of hydrogen-bond acceptors (Lipinski definition) is 5. The van der Waals surface area contributed by atoms with Gasteiger partial charge in [-0.2, -0.15) is 5.10 Å². The fourth-order valence-corrected chi connectivity index (χ4v) is 2.26. The molecule has 2 aromatic heterocycles. The molecule has 17 heavy (non-hydrogen) atoms. The Labute approximate surface area is 103 Å². The third kappa shape index (κ3) is 2.21. The molecule has 0 atom stereocenters. The summed E-state index contributed by atoms with van der Waals surface area (Å²) in [6.07, 6.45) is 0. The highest BCUT2D eigenvalue weighted by molar-refractivity contribution is 7.14. The van der Waals surface area contributed by atoms with Crippen molar-refractivity contribution >= 4 is 16.5 Å². The van der Waals surface area contributed by atoms with Gasteiger partial charge in [0.2, 0.25) is 0 Å². The van der Waals surface area contributed by atoms with E-state index >= 15 is 0 Å². The van der Waals surface area contributed by atoms with E-state index in [-0.39, 0.29) is 5.56 Å². The molecule has 0 bridgehead atoms. The van der Waals surface area contributed by atoms with Gasteiger partial charge in [0, 0.05) is 19.0 Å². The van der Waals surface area contributed by atoms with Crippen LogP contribution in [0.25, 0.3) is 11.3 Å². The van der Waals surface area contributed by atoms with Crippen LogP contribution in [0, 0.1) is 6.92 Å². The molecule has 0 amide bonds. The first kappa shape index (κ1) is 11.8. The zero-order valence-corrected chi connectivity index (χ0v) is 10.8. The Morgan fingerprint density at radius 3 is 2.88 bits per heavy atom. The van der Waals surface area contributed by atoms with E-state index in [1.54, 1.807) is 6.07 Å². The second-order valence-electron chi connectivity index (χ2n) is 3.61. The smallest absolute Gasteiger partial charge is 0.276 e. The normalized spacial score (nSPS) is 10.5. The Morgan fingerprint density at radius 1 is 1.53 bits per heavy atom. The van der Waals surface area contributed by atoms with E-state index in [4.69, 9.17) is 0 Å². The van der Waals surface area contributed by atoms with E-state index in [0.717, 1.165) is 10.8 Å². The van der Waals surface area contributed by atoms with Crippen molar-refractivity contribution in [1.82, 2.24) is 14.8 Å². The van der Waals surface area contributed by atoms with Crippen LogP contribution < -0.4 is 10.9 Å². The topological polar surface area (TPSA) is 59.8 Å². The first-order chi connectivity index (χ1) is 8.15. The van der Waals surface area contributed by atoms with E-state index in [2.05, 4.69) is 15.4 Å². The minimum absolute atomic E-state index is 0.0916. The summed E-state index contributed by atoms with van der Waals surface area (Å²) in [5.41, 5.74) is 2.04. The molecule has 0 unspecified atom stereocenters. The Morgan fingerprint density at radius 2 is 2.29 bits per heavy atom. The number of nitrogens with zero attached hydrogens (tertiary/aromatic N) is 3. The third-order valence-electron chi connectivity index (χ3n) is 2.39. The Bertz CT molecular complexity index is 587. The molecule has 0 aliphatic carbocycles. The lowest BCUT2D eigenvalue weighted by Crippen LogP contribution is -2.24. The van der Waals surface area contributed by atoms with E-state index in [1.165, 1.54) is 16.0 Å². The highest BCUT2D eigenvalue weighted by atomic mass is 32.1. The molecule has 0 aromatic carbocycles. The second kappa shape index (κ2) is 4.67. The van der Waals surface area contributed by atoms with E-state index in [0.29, 0.717) is 17.8 Å². The van der Waals surface area contributed by atoms with Gasteiger partial charge in [0.15, 0.2) is 5.13 Å². The van der Waals surface area contributed by atoms with Crippen LogP contribution in [0.5, 0.6) is 0 Å². The summed E-state index contributed by atoms with van der Waals surface area (Å²) in [5.74, 6) is 0. The lowest BCUT2D eigenvalue weighted by molar-refractivity contribution is 0.607. The average Bonchev–Trinajstić information content (AvgIpc) is 2.80. The standard InChI is InChI=1S/C11H14N4OS/c1-4-15-10(16)8(5-7(2)14-15)9-6-17-11(12-3)13-9/h5-6H,4H2,1-3H3,(H,12,13). The van der Waals surface area contributed by atoms with Gasteiger partial charge in [-0.05, 0) is 19.9 Å². The summed E-state index contributed by atoms with van der Waals surface area (Å²) >= 11 is 1.48. The largest absolute Gasteiger partial charge is 0.365 e. The molecule has 6 heteroatoms. The lowest BCUT2D eigenvalue weighted by Gasteiger charge is -2.04. The molecule has 0 aliphatic rings. The molecular formula is C11H14N4OS. The van der Waals surface area contributed by atoms with E-state index in [1.807, 2.05) is 26.3 Å². The molecular weight excluding hydrogens is 236 g/mol. The molecule has 0 spiro atoms. The van der Waals surface area contributed by atoms with Gasteiger partial charge in [0.1, 0.15) is 0 Å². The van der Waals surface area contributed by atoms with E-state index in [9.17, 15) is 4.79 Å². The number of rotatable bonds is 3. The minimum atomic E-state index is -0.0916. The summed E-state index contributed by atoms with van der Waals surface area (Å²) in [6.45, 7) is 4.34. The highest BCUT2D eigenvalue weighted by Gasteiger charge is 2.11. The van der Waals surface area contributed by atoms with Crippen LogP contribution in [0.2, 0.25) is 0 Å².